The first-order valence-corrected chi connectivity index (χ1v) is 7.29. The molecule has 0 spiro atoms. The Morgan fingerprint density at radius 1 is 1.47 bits per heavy atom. The van der Waals surface area contributed by atoms with Gasteiger partial charge < -0.3 is 10.6 Å². The van der Waals surface area contributed by atoms with Crippen molar-refractivity contribution in [1.29, 1.82) is 0 Å². The molecule has 1 saturated heterocycles. The molecule has 2 atom stereocenters. The number of fused-ring (bicyclic) bond motifs is 1. The lowest BCUT2D eigenvalue weighted by Crippen LogP contribution is -2.46. The summed E-state index contributed by atoms with van der Waals surface area (Å²) in [4.78, 5) is 23.3. The quantitative estimate of drug-likeness (QED) is 0.907. The molecular formula is C13H16N4OS. The number of piperidine rings is 1. The average molecular weight is 276 g/mol. The number of thiophene rings is 1. The predicted octanol–water partition coefficient (Wildman–Crippen LogP) is 1.78. The highest BCUT2D eigenvalue weighted by molar-refractivity contribution is 7.16. The smallest absolute Gasteiger partial charge is 0.222 e. The Morgan fingerprint density at radius 3 is 3.11 bits per heavy atom. The molecule has 3 rings (SSSR count). The number of hydrogen-bond donors (Lipinski definition) is 1. The van der Waals surface area contributed by atoms with Crippen LogP contribution in [-0.4, -0.2) is 28.5 Å². The zero-order valence-corrected chi connectivity index (χ0v) is 11.6. The Kier molecular flexibility index (Phi) is 3.10. The molecule has 6 heteroatoms. The summed E-state index contributed by atoms with van der Waals surface area (Å²) in [6.45, 7) is 2.82. The highest BCUT2D eigenvalue weighted by atomic mass is 32.1. The second-order valence-corrected chi connectivity index (χ2v) is 5.91. The molecule has 1 aliphatic heterocycles. The molecule has 0 aromatic carbocycles. The van der Waals surface area contributed by atoms with Crippen LogP contribution < -0.4 is 10.6 Å². The largest absolute Gasteiger partial charge is 0.369 e. The van der Waals surface area contributed by atoms with Crippen molar-refractivity contribution in [2.45, 2.75) is 25.8 Å². The molecule has 0 unspecified atom stereocenters. The molecule has 2 N–H and O–H groups in total. The third-order valence-corrected chi connectivity index (χ3v) is 4.62. The lowest BCUT2D eigenvalue weighted by Gasteiger charge is -2.37. The summed E-state index contributed by atoms with van der Waals surface area (Å²) in [6, 6.07) is 2.41. The van der Waals surface area contributed by atoms with Gasteiger partial charge in [0, 0.05) is 12.6 Å². The third-order valence-electron chi connectivity index (χ3n) is 3.80. The van der Waals surface area contributed by atoms with E-state index in [9.17, 15) is 4.79 Å². The first-order valence-electron chi connectivity index (χ1n) is 6.41. The van der Waals surface area contributed by atoms with Gasteiger partial charge in [0.05, 0.1) is 11.3 Å². The Balaban J connectivity index is 1.99. The monoisotopic (exact) mass is 276 g/mol. The molecule has 19 heavy (non-hydrogen) atoms. The minimum atomic E-state index is -0.215. The molecule has 0 saturated carbocycles. The van der Waals surface area contributed by atoms with E-state index in [1.165, 1.54) is 0 Å². The SMILES string of the molecule is C[C@@H]1CC[C@@H](C(N)=O)CN1c1ncnc2sccc12. The Bertz CT molecular complexity index is 611. The summed E-state index contributed by atoms with van der Waals surface area (Å²) in [5, 5.41) is 3.08. The molecule has 1 amide bonds. The van der Waals surface area contributed by atoms with Gasteiger partial charge in [-0.05, 0) is 31.2 Å². The van der Waals surface area contributed by atoms with Crippen LogP contribution >= 0.6 is 11.3 Å². The summed E-state index contributed by atoms with van der Waals surface area (Å²) in [7, 11) is 0. The van der Waals surface area contributed by atoms with Crippen molar-refractivity contribution < 1.29 is 4.79 Å². The van der Waals surface area contributed by atoms with Crippen LogP contribution in [0, 0.1) is 5.92 Å². The van der Waals surface area contributed by atoms with Crippen molar-refractivity contribution in [3.8, 4) is 0 Å². The van der Waals surface area contributed by atoms with Crippen molar-refractivity contribution in [1.82, 2.24) is 9.97 Å². The number of amides is 1. The number of aromatic nitrogens is 2. The van der Waals surface area contributed by atoms with Crippen LogP contribution in [0.2, 0.25) is 0 Å². The first kappa shape index (κ1) is 12.3. The van der Waals surface area contributed by atoms with Crippen LogP contribution in [0.3, 0.4) is 0 Å². The van der Waals surface area contributed by atoms with Gasteiger partial charge in [0.15, 0.2) is 0 Å². The summed E-state index contributed by atoms with van der Waals surface area (Å²) in [5.74, 6) is 0.622. The second-order valence-electron chi connectivity index (χ2n) is 5.01. The molecular weight excluding hydrogens is 260 g/mol. The van der Waals surface area contributed by atoms with E-state index < -0.39 is 0 Å². The molecule has 2 aromatic rings. The molecule has 2 aromatic heterocycles. The van der Waals surface area contributed by atoms with Crippen LogP contribution in [0.1, 0.15) is 19.8 Å². The summed E-state index contributed by atoms with van der Waals surface area (Å²) in [5.41, 5.74) is 5.45. The lowest BCUT2D eigenvalue weighted by atomic mass is 9.93. The van der Waals surface area contributed by atoms with Gasteiger partial charge in [0.2, 0.25) is 5.91 Å². The van der Waals surface area contributed by atoms with Gasteiger partial charge in [0.1, 0.15) is 17.0 Å². The van der Waals surface area contributed by atoms with Gasteiger partial charge in [-0.3, -0.25) is 4.79 Å². The van der Waals surface area contributed by atoms with Gasteiger partial charge in [-0.25, -0.2) is 9.97 Å². The summed E-state index contributed by atoms with van der Waals surface area (Å²) in [6.07, 6.45) is 3.42. The Labute approximate surface area is 115 Å². The summed E-state index contributed by atoms with van der Waals surface area (Å²) < 4.78 is 0. The molecule has 0 radical (unpaired) electrons. The fourth-order valence-electron chi connectivity index (χ4n) is 2.64. The zero-order valence-electron chi connectivity index (χ0n) is 10.7. The van der Waals surface area contributed by atoms with Crippen molar-refractivity contribution in [2.75, 3.05) is 11.4 Å². The fraction of sp³-hybridized carbons (Fsp3) is 0.462. The number of rotatable bonds is 2. The number of carbonyl (C=O) groups is 1. The fourth-order valence-corrected chi connectivity index (χ4v) is 3.37. The van der Waals surface area contributed by atoms with E-state index in [0.717, 1.165) is 28.9 Å². The number of hydrogen-bond acceptors (Lipinski definition) is 5. The zero-order chi connectivity index (χ0) is 13.4. The van der Waals surface area contributed by atoms with Crippen LogP contribution in [0.5, 0.6) is 0 Å². The minimum absolute atomic E-state index is 0.0835. The van der Waals surface area contributed by atoms with Gasteiger partial charge in [-0.2, -0.15) is 0 Å². The van der Waals surface area contributed by atoms with Crippen LogP contribution in [0.25, 0.3) is 10.2 Å². The van der Waals surface area contributed by atoms with Crippen molar-refractivity contribution in [2.24, 2.45) is 11.7 Å². The maximum Gasteiger partial charge on any atom is 0.222 e. The molecule has 1 aliphatic rings. The maximum absolute atomic E-state index is 11.4. The second kappa shape index (κ2) is 4.77. The van der Waals surface area contributed by atoms with Gasteiger partial charge >= 0.3 is 0 Å². The molecule has 5 nitrogen and oxygen atoms in total. The topological polar surface area (TPSA) is 72.1 Å². The van der Waals surface area contributed by atoms with Crippen LogP contribution in [-0.2, 0) is 4.79 Å². The van der Waals surface area contributed by atoms with Crippen molar-refractivity contribution in [3.63, 3.8) is 0 Å². The van der Waals surface area contributed by atoms with E-state index in [0.29, 0.717) is 12.6 Å². The molecule has 3 heterocycles. The Hall–Kier alpha value is -1.69. The van der Waals surface area contributed by atoms with E-state index >= 15 is 0 Å². The average Bonchev–Trinajstić information content (AvgIpc) is 2.87. The maximum atomic E-state index is 11.4. The number of nitrogens with two attached hydrogens (primary N) is 1. The lowest BCUT2D eigenvalue weighted by molar-refractivity contribution is -0.122. The predicted molar refractivity (Wildman–Crippen MR) is 76.1 cm³/mol. The number of carbonyl (C=O) groups excluding carboxylic acids is 1. The molecule has 1 fully saturated rings. The van der Waals surface area contributed by atoms with E-state index in [1.54, 1.807) is 17.7 Å². The standard InChI is InChI=1S/C13H16N4OS/c1-8-2-3-9(11(14)18)6-17(8)12-10-4-5-19-13(10)16-7-15-12/h4-5,7-9H,2-3,6H2,1H3,(H2,14,18)/t8-,9-/m1/s1. The van der Waals surface area contributed by atoms with Crippen LogP contribution in [0.15, 0.2) is 17.8 Å². The highest BCUT2D eigenvalue weighted by Gasteiger charge is 2.30. The van der Waals surface area contributed by atoms with E-state index in [1.807, 2.05) is 11.4 Å². The van der Waals surface area contributed by atoms with Crippen LogP contribution in [0.4, 0.5) is 5.82 Å². The first-order chi connectivity index (χ1) is 9.16. The summed E-state index contributed by atoms with van der Waals surface area (Å²) >= 11 is 1.60. The van der Waals surface area contributed by atoms with E-state index in [-0.39, 0.29) is 11.8 Å². The third kappa shape index (κ3) is 2.16. The Morgan fingerprint density at radius 2 is 2.32 bits per heavy atom. The number of anilines is 1. The number of nitrogens with zero attached hydrogens (tertiary/aromatic N) is 3. The van der Waals surface area contributed by atoms with Gasteiger partial charge in [-0.15, -0.1) is 11.3 Å². The van der Waals surface area contributed by atoms with Crippen molar-refractivity contribution in [3.05, 3.63) is 17.8 Å². The van der Waals surface area contributed by atoms with E-state index in [2.05, 4.69) is 21.8 Å². The number of primary amides is 1. The van der Waals surface area contributed by atoms with E-state index in [4.69, 9.17) is 5.73 Å². The minimum Gasteiger partial charge on any atom is -0.369 e. The van der Waals surface area contributed by atoms with Gasteiger partial charge in [-0.1, -0.05) is 0 Å². The van der Waals surface area contributed by atoms with Crippen molar-refractivity contribution >= 4 is 33.3 Å². The highest BCUT2D eigenvalue weighted by Crippen LogP contribution is 2.32. The molecule has 0 bridgehead atoms. The molecule has 100 valence electrons. The normalized spacial score (nSPS) is 23.7. The molecule has 0 aliphatic carbocycles. The van der Waals surface area contributed by atoms with Gasteiger partial charge in [0.25, 0.3) is 0 Å².